The second kappa shape index (κ2) is 5.64. The van der Waals surface area contributed by atoms with Crippen molar-refractivity contribution in [2.75, 3.05) is 0 Å². The summed E-state index contributed by atoms with van der Waals surface area (Å²) in [5.41, 5.74) is 1.11. The standard InChI is InChI=1S/C16H15F3N2O2/c1-9(2)13-6-10-5-12(16(17,18)19)15(7-14(10)20-13)22-8-11-3-4-23-21-11/h3-7,9,20H,8H2,1-2H3. The lowest BCUT2D eigenvalue weighted by Gasteiger charge is -2.13. The van der Waals surface area contributed by atoms with Crippen LogP contribution in [0.15, 0.2) is 35.1 Å². The van der Waals surface area contributed by atoms with Crippen LogP contribution in [0.5, 0.6) is 5.75 Å². The summed E-state index contributed by atoms with van der Waals surface area (Å²) in [5, 5.41) is 4.13. The second-order valence-corrected chi connectivity index (χ2v) is 5.59. The number of benzene rings is 1. The van der Waals surface area contributed by atoms with E-state index in [0.717, 1.165) is 11.8 Å². The summed E-state index contributed by atoms with van der Waals surface area (Å²) in [7, 11) is 0. The SMILES string of the molecule is CC(C)c1cc2cc(C(F)(F)F)c(OCc3ccon3)cc2[nH]1. The van der Waals surface area contributed by atoms with Gasteiger partial charge in [0.15, 0.2) is 0 Å². The van der Waals surface area contributed by atoms with E-state index in [-0.39, 0.29) is 18.3 Å². The molecule has 0 bridgehead atoms. The van der Waals surface area contributed by atoms with Crippen LogP contribution < -0.4 is 4.74 Å². The van der Waals surface area contributed by atoms with Crippen LogP contribution in [0, 0.1) is 0 Å². The summed E-state index contributed by atoms with van der Waals surface area (Å²) in [4.78, 5) is 3.13. The van der Waals surface area contributed by atoms with Gasteiger partial charge in [0.1, 0.15) is 24.3 Å². The first-order valence-electron chi connectivity index (χ1n) is 7.10. The zero-order chi connectivity index (χ0) is 16.6. The van der Waals surface area contributed by atoms with Gasteiger partial charge in [-0.05, 0) is 18.1 Å². The van der Waals surface area contributed by atoms with Crippen LogP contribution in [-0.2, 0) is 12.8 Å². The number of rotatable bonds is 4. The summed E-state index contributed by atoms with van der Waals surface area (Å²) in [5.74, 6) is -0.0404. The molecule has 0 aliphatic heterocycles. The van der Waals surface area contributed by atoms with E-state index in [1.54, 1.807) is 6.07 Å². The molecular formula is C16H15F3N2O2. The van der Waals surface area contributed by atoms with Gasteiger partial charge in [0, 0.05) is 28.7 Å². The van der Waals surface area contributed by atoms with E-state index in [0.29, 0.717) is 16.6 Å². The van der Waals surface area contributed by atoms with Crippen LogP contribution >= 0.6 is 0 Å². The highest BCUT2D eigenvalue weighted by atomic mass is 19.4. The largest absolute Gasteiger partial charge is 0.486 e. The summed E-state index contributed by atoms with van der Waals surface area (Å²) in [6, 6.07) is 5.76. The highest BCUT2D eigenvalue weighted by Crippen LogP contribution is 2.39. The molecule has 1 N–H and O–H groups in total. The zero-order valence-corrected chi connectivity index (χ0v) is 12.6. The van der Waals surface area contributed by atoms with E-state index in [9.17, 15) is 13.2 Å². The minimum Gasteiger partial charge on any atom is -0.486 e. The average molecular weight is 324 g/mol. The van der Waals surface area contributed by atoms with Crippen molar-refractivity contribution in [3.63, 3.8) is 0 Å². The van der Waals surface area contributed by atoms with Gasteiger partial charge in [0.05, 0.1) is 5.56 Å². The molecule has 0 atom stereocenters. The fourth-order valence-corrected chi connectivity index (χ4v) is 2.30. The van der Waals surface area contributed by atoms with Gasteiger partial charge in [0.25, 0.3) is 0 Å². The number of fused-ring (bicyclic) bond motifs is 1. The molecule has 0 unspecified atom stereocenters. The maximum Gasteiger partial charge on any atom is 0.419 e. The van der Waals surface area contributed by atoms with Gasteiger partial charge in [-0.3, -0.25) is 0 Å². The Morgan fingerprint density at radius 1 is 1.26 bits per heavy atom. The van der Waals surface area contributed by atoms with Crippen LogP contribution in [0.25, 0.3) is 10.9 Å². The normalized spacial score (nSPS) is 12.3. The van der Waals surface area contributed by atoms with Gasteiger partial charge in [-0.25, -0.2) is 0 Å². The number of hydrogen-bond donors (Lipinski definition) is 1. The van der Waals surface area contributed by atoms with Crippen molar-refractivity contribution in [1.82, 2.24) is 10.1 Å². The number of aromatic nitrogens is 2. The predicted molar refractivity (Wildman–Crippen MR) is 78.2 cm³/mol. The summed E-state index contributed by atoms with van der Waals surface area (Å²) in [6.07, 6.45) is -3.16. The van der Waals surface area contributed by atoms with E-state index in [1.165, 1.54) is 18.4 Å². The molecule has 0 saturated carbocycles. The molecule has 3 rings (SSSR count). The van der Waals surface area contributed by atoms with Crippen molar-refractivity contribution in [2.24, 2.45) is 0 Å². The molecule has 0 aliphatic carbocycles. The summed E-state index contributed by atoms with van der Waals surface area (Å²) in [6.45, 7) is 3.84. The van der Waals surface area contributed by atoms with Crippen LogP contribution in [0.4, 0.5) is 13.2 Å². The Labute approximate surface area is 130 Å². The highest BCUT2D eigenvalue weighted by Gasteiger charge is 2.35. The first-order chi connectivity index (χ1) is 10.8. The number of aromatic amines is 1. The number of hydrogen-bond acceptors (Lipinski definition) is 3. The average Bonchev–Trinajstić information content (AvgIpc) is 3.11. The zero-order valence-electron chi connectivity index (χ0n) is 12.6. The smallest absolute Gasteiger partial charge is 0.419 e. The number of ether oxygens (including phenoxy) is 1. The first-order valence-corrected chi connectivity index (χ1v) is 7.10. The number of H-pyrrole nitrogens is 1. The third kappa shape index (κ3) is 3.18. The molecule has 4 nitrogen and oxygen atoms in total. The van der Waals surface area contributed by atoms with Gasteiger partial charge < -0.3 is 14.2 Å². The van der Waals surface area contributed by atoms with Gasteiger partial charge in [-0.2, -0.15) is 13.2 Å². The fraction of sp³-hybridized carbons (Fsp3) is 0.312. The van der Waals surface area contributed by atoms with Gasteiger partial charge >= 0.3 is 6.18 Å². The minimum atomic E-state index is -4.50. The van der Waals surface area contributed by atoms with Gasteiger partial charge in [0.2, 0.25) is 0 Å². The van der Waals surface area contributed by atoms with Crippen molar-refractivity contribution >= 4 is 10.9 Å². The Bertz CT molecular complexity index is 805. The van der Waals surface area contributed by atoms with Crippen LogP contribution in [-0.4, -0.2) is 10.1 Å². The molecule has 0 radical (unpaired) electrons. The lowest BCUT2D eigenvalue weighted by atomic mass is 10.1. The monoisotopic (exact) mass is 324 g/mol. The second-order valence-electron chi connectivity index (χ2n) is 5.59. The Kier molecular flexibility index (Phi) is 3.79. The van der Waals surface area contributed by atoms with E-state index in [1.807, 2.05) is 13.8 Å². The Hall–Kier alpha value is -2.44. The number of alkyl halides is 3. The molecule has 2 aromatic heterocycles. The van der Waals surface area contributed by atoms with Crippen LogP contribution in [0.3, 0.4) is 0 Å². The van der Waals surface area contributed by atoms with E-state index in [2.05, 4.69) is 14.7 Å². The maximum atomic E-state index is 13.3. The molecule has 122 valence electrons. The number of nitrogens with zero attached hydrogens (tertiary/aromatic N) is 1. The first kappa shape index (κ1) is 15.5. The third-order valence-corrected chi connectivity index (χ3v) is 3.54. The summed E-state index contributed by atoms with van der Waals surface area (Å²) < 4.78 is 49.8. The van der Waals surface area contributed by atoms with Crippen molar-refractivity contribution < 1.29 is 22.4 Å². The van der Waals surface area contributed by atoms with E-state index >= 15 is 0 Å². The summed E-state index contributed by atoms with van der Waals surface area (Å²) >= 11 is 0. The molecule has 2 heterocycles. The van der Waals surface area contributed by atoms with Gasteiger partial charge in [-0.15, -0.1) is 0 Å². The minimum absolute atomic E-state index is 0.0944. The molecule has 0 fully saturated rings. The molecule has 0 saturated heterocycles. The topological polar surface area (TPSA) is 51.1 Å². The molecule has 0 amide bonds. The lowest BCUT2D eigenvalue weighted by Crippen LogP contribution is -2.09. The van der Waals surface area contributed by atoms with Crippen molar-refractivity contribution in [2.45, 2.75) is 32.5 Å². The Morgan fingerprint density at radius 3 is 2.65 bits per heavy atom. The molecule has 23 heavy (non-hydrogen) atoms. The fourth-order valence-electron chi connectivity index (χ4n) is 2.30. The molecule has 0 spiro atoms. The van der Waals surface area contributed by atoms with Crippen LogP contribution in [0.2, 0.25) is 0 Å². The van der Waals surface area contributed by atoms with Gasteiger partial charge in [-0.1, -0.05) is 19.0 Å². The Balaban J connectivity index is 2.02. The molecule has 7 heteroatoms. The molecule has 0 aliphatic rings. The quantitative estimate of drug-likeness (QED) is 0.744. The van der Waals surface area contributed by atoms with E-state index in [4.69, 9.17) is 4.74 Å². The van der Waals surface area contributed by atoms with Crippen molar-refractivity contribution in [3.05, 3.63) is 47.5 Å². The third-order valence-electron chi connectivity index (χ3n) is 3.54. The number of halogens is 3. The van der Waals surface area contributed by atoms with Crippen LogP contribution in [0.1, 0.15) is 36.7 Å². The number of nitrogens with one attached hydrogen (secondary N) is 1. The Morgan fingerprint density at radius 2 is 2.04 bits per heavy atom. The predicted octanol–water partition coefficient (Wildman–Crippen LogP) is 4.88. The van der Waals surface area contributed by atoms with E-state index < -0.39 is 11.7 Å². The molecule has 1 aromatic carbocycles. The maximum absolute atomic E-state index is 13.3. The van der Waals surface area contributed by atoms with Crippen molar-refractivity contribution in [1.29, 1.82) is 0 Å². The molecular weight excluding hydrogens is 309 g/mol. The van der Waals surface area contributed by atoms with Crippen molar-refractivity contribution in [3.8, 4) is 5.75 Å². The molecule has 3 aromatic rings. The lowest BCUT2D eigenvalue weighted by molar-refractivity contribution is -0.138. The highest BCUT2D eigenvalue weighted by molar-refractivity contribution is 5.83.